The van der Waals surface area contributed by atoms with Crippen LogP contribution in [0.5, 0.6) is 0 Å². The first-order valence-corrected chi connectivity index (χ1v) is 7.21. The standard InChI is InChI=1S/C14H20N6O/c1-9-7-10(3-4-15-9)14(21)17-12-8-11(18-19-12)13-16-5-6-20(13)2/h5-6,8-10,15H,3-4,7H2,1-2H3,(H2,17,18,19,21)/t9-,10-/m0/s1. The molecular formula is C14H20N6O. The smallest absolute Gasteiger partial charge is 0.228 e. The van der Waals surface area contributed by atoms with Crippen molar-refractivity contribution >= 4 is 11.7 Å². The van der Waals surface area contributed by atoms with Crippen molar-refractivity contribution in [3.63, 3.8) is 0 Å². The Morgan fingerprint density at radius 1 is 1.52 bits per heavy atom. The highest BCUT2D eigenvalue weighted by Crippen LogP contribution is 2.20. The number of piperidine rings is 1. The number of hydrogen-bond donors (Lipinski definition) is 3. The Bertz CT molecular complexity index is 631. The maximum absolute atomic E-state index is 12.3. The zero-order valence-corrected chi connectivity index (χ0v) is 12.3. The second-order valence-electron chi connectivity index (χ2n) is 5.59. The van der Waals surface area contributed by atoms with Crippen LogP contribution in [0.25, 0.3) is 11.5 Å². The minimum Gasteiger partial charge on any atom is -0.333 e. The number of imidazole rings is 1. The fourth-order valence-corrected chi connectivity index (χ4v) is 2.72. The number of aromatic nitrogens is 4. The van der Waals surface area contributed by atoms with E-state index in [1.807, 2.05) is 23.9 Å². The van der Waals surface area contributed by atoms with Gasteiger partial charge in [0.2, 0.25) is 5.91 Å². The molecule has 1 aliphatic rings. The number of aryl methyl sites for hydroxylation is 1. The van der Waals surface area contributed by atoms with E-state index in [4.69, 9.17) is 0 Å². The lowest BCUT2D eigenvalue weighted by Gasteiger charge is -2.26. The van der Waals surface area contributed by atoms with E-state index in [2.05, 4.69) is 32.7 Å². The summed E-state index contributed by atoms with van der Waals surface area (Å²) < 4.78 is 1.90. The normalized spacial score (nSPS) is 22.2. The number of nitrogens with zero attached hydrogens (tertiary/aromatic N) is 3. The number of anilines is 1. The monoisotopic (exact) mass is 288 g/mol. The van der Waals surface area contributed by atoms with Crippen LogP contribution >= 0.6 is 0 Å². The van der Waals surface area contributed by atoms with Gasteiger partial charge in [-0.25, -0.2) is 4.98 Å². The minimum absolute atomic E-state index is 0.0428. The van der Waals surface area contributed by atoms with Gasteiger partial charge in [0.25, 0.3) is 0 Å². The van der Waals surface area contributed by atoms with E-state index >= 15 is 0 Å². The highest BCUT2D eigenvalue weighted by Gasteiger charge is 2.25. The third-order valence-corrected chi connectivity index (χ3v) is 3.89. The summed E-state index contributed by atoms with van der Waals surface area (Å²) in [5.74, 6) is 1.43. The lowest BCUT2D eigenvalue weighted by Crippen LogP contribution is -2.40. The Hall–Kier alpha value is -2.15. The summed E-state index contributed by atoms with van der Waals surface area (Å²) in [6.07, 6.45) is 5.32. The minimum atomic E-state index is 0.0428. The summed E-state index contributed by atoms with van der Waals surface area (Å²) in [7, 11) is 1.91. The van der Waals surface area contributed by atoms with Crippen molar-refractivity contribution in [2.45, 2.75) is 25.8 Å². The molecule has 0 spiro atoms. The molecule has 0 aliphatic carbocycles. The van der Waals surface area contributed by atoms with Crippen molar-refractivity contribution in [2.24, 2.45) is 13.0 Å². The maximum Gasteiger partial charge on any atom is 0.228 e. The lowest BCUT2D eigenvalue weighted by molar-refractivity contribution is -0.120. The largest absolute Gasteiger partial charge is 0.333 e. The number of aromatic amines is 1. The lowest BCUT2D eigenvalue weighted by atomic mass is 9.92. The molecule has 0 radical (unpaired) electrons. The van der Waals surface area contributed by atoms with Gasteiger partial charge in [-0.2, -0.15) is 5.10 Å². The fourth-order valence-electron chi connectivity index (χ4n) is 2.72. The number of nitrogens with one attached hydrogen (secondary N) is 3. The van der Waals surface area contributed by atoms with Crippen LogP contribution in [0.1, 0.15) is 19.8 Å². The van der Waals surface area contributed by atoms with Crippen LogP contribution in [0.2, 0.25) is 0 Å². The molecule has 2 aromatic heterocycles. The molecule has 1 aliphatic heterocycles. The molecule has 21 heavy (non-hydrogen) atoms. The Morgan fingerprint density at radius 2 is 2.38 bits per heavy atom. The van der Waals surface area contributed by atoms with Gasteiger partial charge >= 0.3 is 0 Å². The molecule has 0 aromatic carbocycles. The second kappa shape index (κ2) is 5.69. The van der Waals surface area contributed by atoms with Crippen LogP contribution < -0.4 is 10.6 Å². The maximum atomic E-state index is 12.3. The van der Waals surface area contributed by atoms with Gasteiger partial charge in [0.15, 0.2) is 11.6 Å². The van der Waals surface area contributed by atoms with Gasteiger partial charge < -0.3 is 15.2 Å². The van der Waals surface area contributed by atoms with Gasteiger partial charge in [-0.3, -0.25) is 9.89 Å². The third kappa shape index (κ3) is 2.97. The first kappa shape index (κ1) is 13.8. The van der Waals surface area contributed by atoms with Crippen molar-refractivity contribution < 1.29 is 4.79 Å². The van der Waals surface area contributed by atoms with E-state index in [1.165, 1.54) is 0 Å². The SMILES string of the molecule is C[C@H]1C[C@@H](C(=O)Nc2cc(-c3nccn3C)[nH]n2)CCN1. The van der Waals surface area contributed by atoms with Gasteiger partial charge in [0.1, 0.15) is 5.69 Å². The van der Waals surface area contributed by atoms with Gasteiger partial charge in [-0.15, -0.1) is 0 Å². The molecule has 112 valence electrons. The highest BCUT2D eigenvalue weighted by molar-refractivity contribution is 5.92. The van der Waals surface area contributed by atoms with Gasteiger partial charge in [0.05, 0.1) is 0 Å². The van der Waals surface area contributed by atoms with E-state index in [1.54, 1.807) is 6.20 Å². The first-order chi connectivity index (χ1) is 10.1. The summed E-state index contributed by atoms with van der Waals surface area (Å²) in [6.45, 7) is 2.99. The molecule has 7 nitrogen and oxygen atoms in total. The van der Waals surface area contributed by atoms with Crippen molar-refractivity contribution in [1.29, 1.82) is 0 Å². The number of carbonyl (C=O) groups excluding carboxylic acids is 1. The molecule has 3 N–H and O–H groups in total. The molecule has 3 rings (SSSR count). The first-order valence-electron chi connectivity index (χ1n) is 7.21. The molecule has 0 unspecified atom stereocenters. The van der Waals surface area contributed by atoms with Gasteiger partial charge in [-0.1, -0.05) is 0 Å². The molecule has 0 saturated carbocycles. The summed E-state index contributed by atoms with van der Waals surface area (Å²) in [6, 6.07) is 2.20. The summed E-state index contributed by atoms with van der Waals surface area (Å²) in [4.78, 5) is 16.5. The summed E-state index contributed by atoms with van der Waals surface area (Å²) >= 11 is 0. The molecule has 3 heterocycles. The van der Waals surface area contributed by atoms with Crippen molar-refractivity contribution in [1.82, 2.24) is 25.1 Å². The summed E-state index contributed by atoms with van der Waals surface area (Å²) in [5.41, 5.74) is 0.788. The van der Waals surface area contributed by atoms with Crippen molar-refractivity contribution in [3.05, 3.63) is 18.5 Å². The van der Waals surface area contributed by atoms with Crippen LogP contribution in [-0.4, -0.2) is 38.2 Å². The Labute approximate surface area is 123 Å². The quantitative estimate of drug-likeness (QED) is 0.790. The molecule has 1 fully saturated rings. The molecule has 1 saturated heterocycles. The Balaban J connectivity index is 1.67. The molecule has 7 heteroatoms. The number of carbonyl (C=O) groups is 1. The van der Waals surface area contributed by atoms with Crippen LogP contribution in [0, 0.1) is 5.92 Å². The van der Waals surface area contributed by atoms with E-state index < -0.39 is 0 Å². The van der Waals surface area contributed by atoms with Gasteiger partial charge in [-0.05, 0) is 26.3 Å². The van der Waals surface area contributed by atoms with Crippen molar-refractivity contribution in [2.75, 3.05) is 11.9 Å². The number of rotatable bonds is 3. The predicted molar refractivity (Wildman–Crippen MR) is 79.6 cm³/mol. The summed E-state index contributed by atoms with van der Waals surface area (Å²) in [5, 5.41) is 13.3. The topological polar surface area (TPSA) is 87.6 Å². The van der Waals surface area contributed by atoms with Gasteiger partial charge in [0, 0.05) is 37.5 Å². The predicted octanol–water partition coefficient (Wildman–Crippen LogP) is 1.14. The van der Waals surface area contributed by atoms with Crippen molar-refractivity contribution in [3.8, 4) is 11.5 Å². The molecule has 0 bridgehead atoms. The zero-order chi connectivity index (χ0) is 14.8. The number of hydrogen-bond acceptors (Lipinski definition) is 4. The Kier molecular flexibility index (Phi) is 3.74. The average Bonchev–Trinajstić information content (AvgIpc) is 3.07. The van der Waals surface area contributed by atoms with Crippen LogP contribution in [0.4, 0.5) is 5.82 Å². The molecule has 2 atom stereocenters. The van der Waals surface area contributed by atoms with E-state index in [0.29, 0.717) is 11.9 Å². The Morgan fingerprint density at radius 3 is 3.10 bits per heavy atom. The van der Waals surface area contributed by atoms with Crippen LogP contribution in [0.15, 0.2) is 18.5 Å². The number of amides is 1. The molecular weight excluding hydrogens is 268 g/mol. The number of H-pyrrole nitrogens is 1. The molecule has 1 amide bonds. The third-order valence-electron chi connectivity index (χ3n) is 3.89. The average molecular weight is 288 g/mol. The van der Waals surface area contributed by atoms with Crippen LogP contribution in [0.3, 0.4) is 0 Å². The van der Waals surface area contributed by atoms with E-state index in [9.17, 15) is 4.79 Å². The van der Waals surface area contributed by atoms with Crippen LogP contribution in [-0.2, 0) is 11.8 Å². The van der Waals surface area contributed by atoms with E-state index in [-0.39, 0.29) is 11.8 Å². The highest BCUT2D eigenvalue weighted by atomic mass is 16.2. The second-order valence-corrected chi connectivity index (χ2v) is 5.59. The zero-order valence-electron chi connectivity index (χ0n) is 12.3. The molecule has 2 aromatic rings. The fraction of sp³-hybridized carbons (Fsp3) is 0.500. The van der Waals surface area contributed by atoms with E-state index in [0.717, 1.165) is 30.9 Å².